The van der Waals surface area contributed by atoms with Gasteiger partial charge in [-0.05, 0) is 43.7 Å². The molecular formula is C13H16FN3. The molecule has 1 unspecified atom stereocenters. The molecule has 0 aliphatic heterocycles. The van der Waals surface area contributed by atoms with Crippen LogP contribution < -0.4 is 5.32 Å². The van der Waals surface area contributed by atoms with Crippen LogP contribution in [-0.2, 0) is 7.05 Å². The highest BCUT2D eigenvalue weighted by molar-refractivity contribution is 5.51. The molecule has 90 valence electrons. The topological polar surface area (TPSA) is 29.9 Å². The van der Waals surface area contributed by atoms with Crippen molar-refractivity contribution in [1.82, 2.24) is 9.78 Å². The van der Waals surface area contributed by atoms with Crippen molar-refractivity contribution >= 4 is 5.69 Å². The molecule has 0 spiro atoms. The third-order valence-electron chi connectivity index (χ3n) is 2.86. The summed E-state index contributed by atoms with van der Waals surface area (Å²) in [4.78, 5) is 0. The second kappa shape index (κ2) is 4.57. The van der Waals surface area contributed by atoms with E-state index in [1.54, 1.807) is 12.3 Å². The molecule has 1 aromatic carbocycles. The Balaban J connectivity index is 2.19. The average molecular weight is 233 g/mol. The van der Waals surface area contributed by atoms with E-state index in [-0.39, 0.29) is 11.9 Å². The normalized spacial score (nSPS) is 12.5. The molecule has 0 fully saturated rings. The Morgan fingerprint density at radius 2 is 2.12 bits per heavy atom. The summed E-state index contributed by atoms with van der Waals surface area (Å²) in [5.74, 6) is -0.207. The first kappa shape index (κ1) is 11.6. The highest BCUT2D eigenvalue weighted by Crippen LogP contribution is 2.22. The molecule has 0 amide bonds. The number of aryl methyl sites for hydroxylation is 2. The third-order valence-corrected chi connectivity index (χ3v) is 2.86. The molecular weight excluding hydrogens is 217 g/mol. The van der Waals surface area contributed by atoms with Crippen LogP contribution >= 0.6 is 0 Å². The van der Waals surface area contributed by atoms with Gasteiger partial charge in [-0.15, -0.1) is 0 Å². The smallest absolute Gasteiger partial charge is 0.123 e. The summed E-state index contributed by atoms with van der Waals surface area (Å²) in [6.45, 7) is 3.95. The Labute approximate surface area is 100 Å². The fourth-order valence-corrected chi connectivity index (χ4v) is 1.91. The van der Waals surface area contributed by atoms with Crippen molar-refractivity contribution in [2.75, 3.05) is 5.32 Å². The maximum Gasteiger partial charge on any atom is 0.123 e. The molecule has 2 rings (SSSR count). The summed E-state index contributed by atoms with van der Waals surface area (Å²) in [5.41, 5.74) is 2.94. The van der Waals surface area contributed by atoms with Crippen LogP contribution in [-0.4, -0.2) is 9.78 Å². The van der Waals surface area contributed by atoms with Crippen LogP contribution in [0.4, 0.5) is 10.1 Å². The molecule has 0 saturated carbocycles. The molecule has 1 N–H and O–H groups in total. The number of nitrogens with zero attached hydrogens (tertiary/aromatic N) is 2. The Bertz CT molecular complexity index is 519. The quantitative estimate of drug-likeness (QED) is 0.883. The molecule has 3 nitrogen and oxygen atoms in total. The van der Waals surface area contributed by atoms with Crippen LogP contribution in [0.3, 0.4) is 0 Å². The molecule has 0 aliphatic rings. The molecule has 2 aromatic rings. The summed E-state index contributed by atoms with van der Waals surface area (Å²) >= 11 is 0. The minimum Gasteiger partial charge on any atom is -0.377 e. The highest BCUT2D eigenvalue weighted by Gasteiger charge is 2.10. The van der Waals surface area contributed by atoms with E-state index in [0.717, 1.165) is 16.9 Å². The fraction of sp³-hybridized carbons (Fsp3) is 0.308. The minimum atomic E-state index is -0.207. The molecule has 17 heavy (non-hydrogen) atoms. The Hall–Kier alpha value is -1.84. The van der Waals surface area contributed by atoms with Crippen molar-refractivity contribution in [1.29, 1.82) is 0 Å². The predicted molar refractivity (Wildman–Crippen MR) is 66.4 cm³/mol. The molecule has 1 atom stereocenters. The van der Waals surface area contributed by atoms with E-state index >= 15 is 0 Å². The van der Waals surface area contributed by atoms with Crippen LogP contribution in [0.5, 0.6) is 0 Å². The van der Waals surface area contributed by atoms with Crippen molar-refractivity contribution in [3.05, 3.63) is 47.5 Å². The van der Waals surface area contributed by atoms with Gasteiger partial charge in [0, 0.05) is 18.9 Å². The van der Waals surface area contributed by atoms with Gasteiger partial charge in [0.15, 0.2) is 0 Å². The second-order valence-corrected chi connectivity index (χ2v) is 4.20. The lowest BCUT2D eigenvalue weighted by Gasteiger charge is -2.17. The van der Waals surface area contributed by atoms with Gasteiger partial charge in [0.05, 0.1) is 11.7 Å². The SMILES string of the molecule is Cc1cc(F)ccc1NC(C)c1ccnn1C. The molecule has 1 aromatic heterocycles. The van der Waals surface area contributed by atoms with Gasteiger partial charge >= 0.3 is 0 Å². The van der Waals surface area contributed by atoms with Gasteiger partial charge in [-0.2, -0.15) is 5.10 Å². The van der Waals surface area contributed by atoms with E-state index in [2.05, 4.69) is 17.3 Å². The standard InChI is InChI=1S/C13H16FN3/c1-9-8-11(14)4-5-12(9)16-10(2)13-6-7-15-17(13)3/h4-8,10,16H,1-3H3. The number of benzene rings is 1. The summed E-state index contributed by atoms with van der Waals surface area (Å²) in [5, 5.41) is 7.49. The molecule has 4 heteroatoms. The van der Waals surface area contributed by atoms with E-state index in [9.17, 15) is 4.39 Å². The number of nitrogens with one attached hydrogen (secondary N) is 1. The zero-order chi connectivity index (χ0) is 12.4. The number of hydrogen-bond donors (Lipinski definition) is 1. The van der Waals surface area contributed by atoms with E-state index < -0.39 is 0 Å². The Morgan fingerprint density at radius 3 is 2.71 bits per heavy atom. The monoisotopic (exact) mass is 233 g/mol. The van der Waals surface area contributed by atoms with E-state index in [4.69, 9.17) is 0 Å². The second-order valence-electron chi connectivity index (χ2n) is 4.20. The molecule has 1 heterocycles. The summed E-state index contributed by atoms with van der Waals surface area (Å²) < 4.78 is 14.8. The van der Waals surface area contributed by atoms with Crippen molar-refractivity contribution in [2.24, 2.45) is 7.05 Å². The van der Waals surface area contributed by atoms with Crippen LogP contribution in [0, 0.1) is 12.7 Å². The van der Waals surface area contributed by atoms with E-state index in [1.807, 2.05) is 24.7 Å². The van der Waals surface area contributed by atoms with Gasteiger partial charge in [-0.25, -0.2) is 4.39 Å². The predicted octanol–water partition coefficient (Wildman–Crippen LogP) is 3.04. The molecule has 0 saturated heterocycles. The largest absolute Gasteiger partial charge is 0.377 e. The first-order valence-corrected chi connectivity index (χ1v) is 5.58. The molecule has 0 radical (unpaired) electrons. The summed E-state index contributed by atoms with van der Waals surface area (Å²) in [7, 11) is 1.91. The number of rotatable bonds is 3. The summed E-state index contributed by atoms with van der Waals surface area (Å²) in [6.07, 6.45) is 1.77. The van der Waals surface area contributed by atoms with Crippen molar-refractivity contribution < 1.29 is 4.39 Å². The molecule has 0 bridgehead atoms. The van der Waals surface area contributed by atoms with Gasteiger partial charge in [-0.1, -0.05) is 0 Å². The van der Waals surface area contributed by atoms with Gasteiger partial charge < -0.3 is 5.32 Å². The van der Waals surface area contributed by atoms with Crippen LogP contribution in [0.1, 0.15) is 24.2 Å². The number of hydrogen-bond acceptors (Lipinski definition) is 2. The lowest BCUT2D eigenvalue weighted by Crippen LogP contribution is -2.12. The lowest BCUT2D eigenvalue weighted by atomic mass is 10.1. The zero-order valence-corrected chi connectivity index (χ0v) is 10.2. The third kappa shape index (κ3) is 2.46. The minimum absolute atomic E-state index is 0.131. The van der Waals surface area contributed by atoms with Gasteiger partial charge in [-0.3, -0.25) is 4.68 Å². The zero-order valence-electron chi connectivity index (χ0n) is 10.2. The highest BCUT2D eigenvalue weighted by atomic mass is 19.1. The van der Waals surface area contributed by atoms with Crippen molar-refractivity contribution in [3.63, 3.8) is 0 Å². The fourth-order valence-electron chi connectivity index (χ4n) is 1.91. The van der Waals surface area contributed by atoms with Gasteiger partial charge in [0.2, 0.25) is 0 Å². The van der Waals surface area contributed by atoms with E-state index in [1.165, 1.54) is 12.1 Å². The van der Waals surface area contributed by atoms with E-state index in [0.29, 0.717) is 0 Å². The van der Waals surface area contributed by atoms with Gasteiger partial charge in [0.25, 0.3) is 0 Å². The van der Waals surface area contributed by atoms with Crippen molar-refractivity contribution in [3.8, 4) is 0 Å². The maximum atomic E-state index is 13.0. The van der Waals surface area contributed by atoms with Crippen molar-refractivity contribution in [2.45, 2.75) is 19.9 Å². The molecule has 0 aliphatic carbocycles. The van der Waals surface area contributed by atoms with Crippen LogP contribution in [0.2, 0.25) is 0 Å². The average Bonchev–Trinajstić information content (AvgIpc) is 2.68. The summed E-state index contributed by atoms with van der Waals surface area (Å²) in [6, 6.07) is 6.85. The number of halogens is 1. The first-order valence-electron chi connectivity index (χ1n) is 5.58. The Morgan fingerprint density at radius 1 is 1.35 bits per heavy atom. The van der Waals surface area contributed by atoms with Crippen LogP contribution in [0.25, 0.3) is 0 Å². The number of anilines is 1. The van der Waals surface area contributed by atoms with Gasteiger partial charge in [0.1, 0.15) is 5.82 Å². The number of aromatic nitrogens is 2. The first-order chi connectivity index (χ1) is 8.08. The Kier molecular flexibility index (Phi) is 3.13. The maximum absolute atomic E-state index is 13.0. The van der Waals surface area contributed by atoms with Crippen LogP contribution in [0.15, 0.2) is 30.5 Å². The lowest BCUT2D eigenvalue weighted by molar-refractivity contribution is 0.626.